The first-order valence-electron chi connectivity index (χ1n) is 4.07. The first kappa shape index (κ1) is 9.73. The molecule has 1 unspecified atom stereocenters. The van der Waals surface area contributed by atoms with Gasteiger partial charge in [0.15, 0.2) is 0 Å². The quantitative estimate of drug-likeness (QED) is 0.709. The van der Waals surface area contributed by atoms with Crippen LogP contribution in [0.4, 0.5) is 11.6 Å². The molecular formula is C8H14N4O. The minimum atomic E-state index is 0.211. The van der Waals surface area contributed by atoms with Gasteiger partial charge in [-0.15, -0.1) is 10.2 Å². The molecule has 0 amide bonds. The van der Waals surface area contributed by atoms with Crippen molar-refractivity contribution in [2.24, 2.45) is 0 Å². The minimum Gasteiger partial charge on any atom is -0.383 e. The summed E-state index contributed by atoms with van der Waals surface area (Å²) in [5, 5.41) is 10.7. The van der Waals surface area contributed by atoms with Crippen molar-refractivity contribution in [1.82, 2.24) is 10.2 Å². The van der Waals surface area contributed by atoms with Crippen molar-refractivity contribution in [2.45, 2.75) is 13.0 Å². The molecule has 13 heavy (non-hydrogen) atoms. The number of ether oxygens (including phenoxy) is 1. The maximum absolute atomic E-state index is 5.39. The van der Waals surface area contributed by atoms with Gasteiger partial charge in [-0.05, 0) is 19.1 Å². The highest BCUT2D eigenvalue weighted by molar-refractivity contribution is 5.38. The Labute approximate surface area is 77.3 Å². The summed E-state index contributed by atoms with van der Waals surface area (Å²) in [7, 11) is 1.66. The molecule has 3 N–H and O–H groups in total. The molecule has 0 aliphatic rings. The summed E-state index contributed by atoms with van der Waals surface area (Å²) < 4.78 is 4.96. The summed E-state index contributed by atoms with van der Waals surface area (Å²) in [4.78, 5) is 0. The molecule has 0 aliphatic carbocycles. The lowest BCUT2D eigenvalue weighted by atomic mass is 10.3. The van der Waals surface area contributed by atoms with Crippen LogP contribution in [0, 0.1) is 0 Å². The summed E-state index contributed by atoms with van der Waals surface area (Å²) in [6.07, 6.45) is 0. The fourth-order valence-corrected chi connectivity index (χ4v) is 0.964. The van der Waals surface area contributed by atoms with Crippen LogP contribution in [0.15, 0.2) is 12.1 Å². The van der Waals surface area contributed by atoms with E-state index in [-0.39, 0.29) is 6.04 Å². The Hall–Kier alpha value is -1.36. The largest absolute Gasteiger partial charge is 0.383 e. The monoisotopic (exact) mass is 182 g/mol. The second-order valence-electron chi connectivity index (χ2n) is 2.84. The van der Waals surface area contributed by atoms with Crippen molar-refractivity contribution in [3.63, 3.8) is 0 Å². The Morgan fingerprint density at radius 1 is 1.54 bits per heavy atom. The van der Waals surface area contributed by atoms with Crippen molar-refractivity contribution < 1.29 is 4.74 Å². The van der Waals surface area contributed by atoms with Crippen molar-refractivity contribution in [2.75, 3.05) is 24.8 Å². The highest BCUT2D eigenvalue weighted by Gasteiger charge is 2.01. The van der Waals surface area contributed by atoms with Gasteiger partial charge in [-0.25, -0.2) is 0 Å². The smallest absolute Gasteiger partial charge is 0.149 e. The number of nitrogens with one attached hydrogen (secondary N) is 1. The van der Waals surface area contributed by atoms with E-state index in [1.807, 2.05) is 6.92 Å². The number of rotatable bonds is 4. The van der Waals surface area contributed by atoms with Crippen LogP contribution >= 0.6 is 0 Å². The van der Waals surface area contributed by atoms with Gasteiger partial charge in [0.05, 0.1) is 6.61 Å². The number of methoxy groups -OCH3 is 1. The number of anilines is 2. The second-order valence-corrected chi connectivity index (χ2v) is 2.84. The summed E-state index contributed by atoms with van der Waals surface area (Å²) in [5.41, 5.74) is 5.39. The molecule has 1 heterocycles. The first-order chi connectivity index (χ1) is 6.22. The van der Waals surface area contributed by atoms with Crippen LogP contribution in [-0.2, 0) is 4.74 Å². The summed E-state index contributed by atoms with van der Waals surface area (Å²) >= 11 is 0. The molecule has 5 nitrogen and oxygen atoms in total. The second kappa shape index (κ2) is 4.61. The summed E-state index contributed by atoms with van der Waals surface area (Å²) in [5.74, 6) is 1.13. The average molecular weight is 182 g/mol. The van der Waals surface area contributed by atoms with Gasteiger partial charge in [0.25, 0.3) is 0 Å². The van der Waals surface area contributed by atoms with Crippen molar-refractivity contribution in [3.8, 4) is 0 Å². The molecular weight excluding hydrogens is 168 g/mol. The predicted molar refractivity (Wildman–Crippen MR) is 51.4 cm³/mol. The Balaban J connectivity index is 2.49. The van der Waals surface area contributed by atoms with Gasteiger partial charge in [-0.3, -0.25) is 0 Å². The van der Waals surface area contributed by atoms with Gasteiger partial charge in [-0.1, -0.05) is 0 Å². The van der Waals surface area contributed by atoms with E-state index in [4.69, 9.17) is 10.5 Å². The number of nitrogens with two attached hydrogens (primary N) is 1. The van der Waals surface area contributed by atoms with Crippen LogP contribution in [-0.4, -0.2) is 30.0 Å². The lowest BCUT2D eigenvalue weighted by Crippen LogP contribution is -2.21. The van der Waals surface area contributed by atoms with Crippen molar-refractivity contribution in [1.29, 1.82) is 0 Å². The molecule has 72 valence electrons. The Morgan fingerprint density at radius 3 is 2.85 bits per heavy atom. The fraction of sp³-hybridized carbons (Fsp3) is 0.500. The van der Waals surface area contributed by atoms with Crippen LogP contribution in [0.25, 0.3) is 0 Å². The van der Waals surface area contributed by atoms with Crippen LogP contribution in [0.3, 0.4) is 0 Å². The van der Waals surface area contributed by atoms with Crippen molar-refractivity contribution >= 4 is 11.6 Å². The van der Waals surface area contributed by atoms with E-state index >= 15 is 0 Å². The average Bonchev–Trinajstić information content (AvgIpc) is 2.09. The lowest BCUT2D eigenvalue weighted by molar-refractivity contribution is 0.190. The van der Waals surface area contributed by atoms with Gasteiger partial charge in [0.2, 0.25) is 0 Å². The van der Waals surface area contributed by atoms with E-state index in [0.717, 1.165) is 0 Å². The van der Waals surface area contributed by atoms with Gasteiger partial charge < -0.3 is 15.8 Å². The van der Waals surface area contributed by atoms with Gasteiger partial charge in [0.1, 0.15) is 11.6 Å². The molecule has 1 atom stereocenters. The van der Waals surface area contributed by atoms with E-state index in [0.29, 0.717) is 18.2 Å². The normalized spacial score (nSPS) is 12.5. The zero-order valence-electron chi connectivity index (χ0n) is 7.82. The van der Waals surface area contributed by atoms with E-state index in [1.165, 1.54) is 0 Å². The van der Waals surface area contributed by atoms with Gasteiger partial charge in [0, 0.05) is 13.2 Å². The van der Waals surface area contributed by atoms with Crippen molar-refractivity contribution in [3.05, 3.63) is 12.1 Å². The van der Waals surface area contributed by atoms with Crippen LogP contribution in [0.1, 0.15) is 6.92 Å². The summed E-state index contributed by atoms with van der Waals surface area (Å²) in [6.45, 7) is 2.63. The Morgan fingerprint density at radius 2 is 2.31 bits per heavy atom. The topological polar surface area (TPSA) is 73.1 Å². The Kier molecular flexibility index (Phi) is 3.45. The molecule has 0 saturated carbocycles. The maximum atomic E-state index is 5.39. The van der Waals surface area contributed by atoms with E-state index in [9.17, 15) is 0 Å². The SMILES string of the molecule is COCC(C)Nc1ccc(N)nn1. The van der Waals surface area contributed by atoms with Crippen LogP contribution < -0.4 is 11.1 Å². The number of aromatic nitrogens is 2. The first-order valence-corrected chi connectivity index (χ1v) is 4.07. The third-order valence-electron chi connectivity index (χ3n) is 1.50. The fourth-order valence-electron chi connectivity index (χ4n) is 0.964. The van der Waals surface area contributed by atoms with E-state index < -0.39 is 0 Å². The van der Waals surface area contributed by atoms with Crippen LogP contribution in [0.5, 0.6) is 0 Å². The number of nitrogen functional groups attached to an aromatic ring is 1. The number of hydrogen-bond acceptors (Lipinski definition) is 5. The van der Waals surface area contributed by atoms with Crippen LogP contribution in [0.2, 0.25) is 0 Å². The highest BCUT2D eigenvalue weighted by Crippen LogP contribution is 2.04. The van der Waals surface area contributed by atoms with E-state index in [2.05, 4.69) is 15.5 Å². The minimum absolute atomic E-state index is 0.211. The molecule has 0 aliphatic heterocycles. The zero-order valence-corrected chi connectivity index (χ0v) is 7.82. The molecule has 0 saturated heterocycles. The Bertz CT molecular complexity index is 249. The molecule has 0 spiro atoms. The molecule has 1 aromatic rings. The summed E-state index contributed by atoms with van der Waals surface area (Å²) in [6, 6.07) is 3.70. The molecule has 5 heteroatoms. The molecule has 0 bridgehead atoms. The number of hydrogen-bond donors (Lipinski definition) is 2. The third kappa shape index (κ3) is 3.25. The zero-order chi connectivity index (χ0) is 9.68. The molecule has 0 aromatic carbocycles. The molecule has 1 aromatic heterocycles. The molecule has 1 rings (SSSR count). The highest BCUT2D eigenvalue weighted by atomic mass is 16.5. The van der Waals surface area contributed by atoms with Gasteiger partial charge in [-0.2, -0.15) is 0 Å². The van der Waals surface area contributed by atoms with E-state index in [1.54, 1.807) is 19.2 Å². The maximum Gasteiger partial charge on any atom is 0.149 e. The lowest BCUT2D eigenvalue weighted by Gasteiger charge is -2.12. The number of nitrogens with zero attached hydrogens (tertiary/aromatic N) is 2. The molecule has 0 fully saturated rings. The molecule has 0 radical (unpaired) electrons. The third-order valence-corrected chi connectivity index (χ3v) is 1.50. The van der Waals surface area contributed by atoms with Gasteiger partial charge >= 0.3 is 0 Å². The standard InChI is InChI=1S/C8H14N4O/c1-6(5-13-2)10-8-4-3-7(9)11-12-8/h3-4,6H,5H2,1-2H3,(H2,9,11)(H,10,12). The predicted octanol–water partition coefficient (Wildman–Crippen LogP) is 0.506.